The summed E-state index contributed by atoms with van der Waals surface area (Å²) in [6, 6.07) is 4.05. The quantitative estimate of drug-likeness (QED) is 0.376. The van der Waals surface area contributed by atoms with Crippen LogP contribution in [-0.2, 0) is 35.9 Å². The third-order valence-electron chi connectivity index (χ3n) is 5.25. The van der Waals surface area contributed by atoms with E-state index in [9.17, 15) is 9.13 Å². The van der Waals surface area contributed by atoms with E-state index >= 15 is 0 Å². The van der Waals surface area contributed by atoms with E-state index in [4.69, 9.17) is 13.6 Å². The second-order valence-corrected chi connectivity index (χ2v) is 13.5. The Morgan fingerprint density at radius 2 is 1.57 bits per heavy atom. The van der Waals surface area contributed by atoms with Crippen molar-refractivity contribution in [2.75, 3.05) is 13.3 Å². The van der Waals surface area contributed by atoms with E-state index in [0.717, 1.165) is 47.4 Å². The predicted molar refractivity (Wildman–Crippen MR) is 129 cm³/mol. The van der Waals surface area contributed by atoms with Crippen LogP contribution in [0.2, 0.25) is 0 Å². The van der Waals surface area contributed by atoms with Crippen molar-refractivity contribution in [3.63, 3.8) is 0 Å². The van der Waals surface area contributed by atoms with E-state index in [1.807, 2.05) is 40.7 Å². The second kappa shape index (κ2) is 8.94. The molecule has 9 heteroatoms. The molecule has 0 aromatic heterocycles. The minimum atomic E-state index is -3.07. The Morgan fingerprint density at radius 1 is 0.933 bits per heavy atom. The Morgan fingerprint density at radius 3 is 2.20 bits per heavy atom. The fraction of sp³-hybridized carbons (Fsp3) is 0.429. The van der Waals surface area contributed by atoms with Crippen LogP contribution in [0.4, 0.5) is 0 Å². The SMILES string of the molecule is CCOP1(=O)OCc2c(Br)c(C)cc(C)c21.Cc1cc2c(c(C)c1Br)P(C)(=O)OC2. The van der Waals surface area contributed by atoms with Crippen molar-refractivity contribution in [2.24, 2.45) is 0 Å². The van der Waals surface area contributed by atoms with E-state index in [-0.39, 0.29) is 0 Å². The lowest BCUT2D eigenvalue weighted by Gasteiger charge is -2.14. The van der Waals surface area contributed by atoms with Gasteiger partial charge in [0.25, 0.3) is 0 Å². The highest BCUT2D eigenvalue weighted by Crippen LogP contribution is 2.55. The Hall–Kier alpha value is -0.260. The molecule has 2 heterocycles. The van der Waals surface area contributed by atoms with E-state index in [1.165, 1.54) is 5.56 Å². The lowest BCUT2D eigenvalue weighted by Crippen LogP contribution is -2.11. The molecular weight excluding hydrogens is 554 g/mol. The summed E-state index contributed by atoms with van der Waals surface area (Å²) in [5.41, 5.74) is 6.38. The largest absolute Gasteiger partial charge is 0.362 e. The maximum Gasteiger partial charge on any atom is 0.362 e. The number of benzene rings is 2. The summed E-state index contributed by atoms with van der Waals surface area (Å²) < 4.78 is 42.6. The molecule has 2 unspecified atom stereocenters. The molecule has 0 fully saturated rings. The molecule has 0 N–H and O–H groups in total. The summed E-state index contributed by atoms with van der Waals surface area (Å²) in [7, 11) is -5.62. The van der Waals surface area contributed by atoms with Crippen LogP contribution in [0.25, 0.3) is 0 Å². The van der Waals surface area contributed by atoms with E-state index in [2.05, 4.69) is 37.9 Å². The first-order valence-corrected chi connectivity index (χ1v) is 14.8. The van der Waals surface area contributed by atoms with Crippen LogP contribution in [0.5, 0.6) is 0 Å². The standard InChI is InChI=1S/C11H14BrO3P.C10H12BrO2P/c1-4-14-16(13)11-8(3)5-7(2)10(12)9(11)6-15-16;1-6-4-8-5-13-14(3,12)10(8)7(2)9(6)11/h5H,4,6H2,1-3H3;4H,5H2,1-3H3. The number of hydrogen-bond acceptors (Lipinski definition) is 5. The Labute approximate surface area is 195 Å². The number of halogens is 2. The molecular formula is C21H26Br2O5P2. The van der Waals surface area contributed by atoms with Crippen molar-refractivity contribution in [3.8, 4) is 0 Å². The third-order valence-corrected chi connectivity index (χ3v) is 11.9. The highest BCUT2D eigenvalue weighted by atomic mass is 79.9. The van der Waals surface area contributed by atoms with Crippen molar-refractivity contribution in [1.29, 1.82) is 0 Å². The minimum Gasteiger partial charge on any atom is -0.321 e. The fourth-order valence-electron chi connectivity index (χ4n) is 4.00. The van der Waals surface area contributed by atoms with Crippen molar-refractivity contribution >= 4 is 57.4 Å². The lowest BCUT2D eigenvalue weighted by atomic mass is 10.1. The molecule has 30 heavy (non-hydrogen) atoms. The van der Waals surface area contributed by atoms with Crippen LogP contribution in [0.1, 0.15) is 40.3 Å². The van der Waals surface area contributed by atoms with Gasteiger partial charge in [0.2, 0.25) is 7.37 Å². The van der Waals surface area contributed by atoms with Gasteiger partial charge in [-0.1, -0.05) is 44.0 Å². The van der Waals surface area contributed by atoms with Gasteiger partial charge in [-0.05, 0) is 62.4 Å². The molecule has 0 amide bonds. The van der Waals surface area contributed by atoms with Crippen molar-refractivity contribution in [1.82, 2.24) is 0 Å². The molecule has 0 spiro atoms. The van der Waals surface area contributed by atoms with Gasteiger partial charge >= 0.3 is 7.60 Å². The van der Waals surface area contributed by atoms with Gasteiger partial charge in [-0.25, -0.2) is 0 Å². The van der Waals surface area contributed by atoms with Crippen LogP contribution in [0, 0.1) is 27.7 Å². The predicted octanol–water partition coefficient (Wildman–Crippen LogP) is 6.58. The zero-order chi connectivity index (χ0) is 22.4. The summed E-state index contributed by atoms with van der Waals surface area (Å²) in [5, 5.41) is 1.65. The van der Waals surface area contributed by atoms with Gasteiger partial charge in [0.15, 0.2) is 0 Å². The van der Waals surface area contributed by atoms with Crippen molar-refractivity contribution in [3.05, 3.63) is 54.5 Å². The molecule has 2 atom stereocenters. The lowest BCUT2D eigenvalue weighted by molar-refractivity contribution is 0.225. The zero-order valence-electron chi connectivity index (χ0n) is 18.0. The molecule has 164 valence electrons. The molecule has 2 aliphatic heterocycles. The molecule has 0 saturated heterocycles. The van der Waals surface area contributed by atoms with Crippen LogP contribution < -0.4 is 10.6 Å². The highest BCUT2D eigenvalue weighted by Gasteiger charge is 2.39. The number of aryl methyl sites for hydroxylation is 3. The van der Waals surface area contributed by atoms with Gasteiger partial charge in [-0.2, -0.15) is 0 Å². The summed E-state index contributed by atoms with van der Waals surface area (Å²) in [6.07, 6.45) is 0. The number of fused-ring (bicyclic) bond motifs is 2. The maximum absolute atomic E-state index is 12.5. The summed E-state index contributed by atoms with van der Waals surface area (Å²) in [4.78, 5) is 0. The molecule has 2 aromatic carbocycles. The first-order chi connectivity index (χ1) is 13.9. The van der Waals surface area contributed by atoms with E-state index in [1.54, 1.807) is 6.66 Å². The van der Waals surface area contributed by atoms with Gasteiger partial charge in [-0.3, -0.25) is 9.13 Å². The third kappa shape index (κ3) is 4.32. The van der Waals surface area contributed by atoms with Crippen molar-refractivity contribution in [2.45, 2.75) is 47.8 Å². The van der Waals surface area contributed by atoms with Gasteiger partial charge in [-0.15, -0.1) is 0 Å². The molecule has 0 aliphatic carbocycles. The molecule has 0 bridgehead atoms. The summed E-state index contributed by atoms with van der Waals surface area (Å²) in [5.74, 6) is 0. The Bertz CT molecular complexity index is 1110. The van der Waals surface area contributed by atoms with Crippen LogP contribution in [-0.4, -0.2) is 13.3 Å². The van der Waals surface area contributed by atoms with Crippen LogP contribution in [0.3, 0.4) is 0 Å². The monoisotopic (exact) mass is 578 g/mol. The maximum atomic E-state index is 12.5. The average molecular weight is 580 g/mol. The summed E-state index contributed by atoms with van der Waals surface area (Å²) in [6.45, 7) is 12.7. The van der Waals surface area contributed by atoms with Crippen LogP contribution in [0.15, 0.2) is 21.1 Å². The van der Waals surface area contributed by atoms with Gasteiger partial charge in [0.1, 0.15) is 0 Å². The first kappa shape index (κ1) is 24.4. The van der Waals surface area contributed by atoms with Crippen molar-refractivity contribution < 1.29 is 22.7 Å². The van der Waals surface area contributed by atoms with E-state index < -0.39 is 15.0 Å². The number of hydrogen-bond donors (Lipinski definition) is 0. The topological polar surface area (TPSA) is 61.8 Å². The normalized spacial score (nSPS) is 24.3. The van der Waals surface area contributed by atoms with E-state index in [0.29, 0.717) is 19.8 Å². The van der Waals surface area contributed by atoms with Crippen LogP contribution >= 0.6 is 46.8 Å². The van der Waals surface area contributed by atoms with Gasteiger partial charge < -0.3 is 13.6 Å². The minimum absolute atomic E-state index is 0.357. The Balaban J connectivity index is 0.000000172. The number of rotatable bonds is 2. The first-order valence-electron chi connectivity index (χ1n) is 9.62. The molecule has 2 aliphatic rings. The summed E-state index contributed by atoms with van der Waals surface area (Å²) >= 11 is 7.02. The molecule has 0 radical (unpaired) electrons. The average Bonchev–Trinajstić information content (AvgIpc) is 3.16. The zero-order valence-corrected chi connectivity index (χ0v) is 22.9. The van der Waals surface area contributed by atoms with Gasteiger partial charge in [0, 0.05) is 26.5 Å². The molecule has 5 nitrogen and oxygen atoms in total. The fourth-order valence-corrected chi connectivity index (χ4v) is 8.91. The Kier molecular flexibility index (Phi) is 7.27. The molecule has 4 rings (SSSR count). The molecule has 2 aromatic rings. The second-order valence-electron chi connectivity index (χ2n) is 7.60. The molecule has 0 saturated carbocycles. The van der Waals surface area contributed by atoms with Gasteiger partial charge in [0.05, 0.1) is 25.1 Å². The highest BCUT2D eigenvalue weighted by molar-refractivity contribution is 9.11. The smallest absolute Gasteiger partial charge is 0.321 e.